The number of para-hydroxylation sites is 1. The molecule has 5 aromatic rings. The third-order valence-corrected chi connectivity index (χ3v) is 6.13. The van der Waals surface area contributed by atoms with Crippen LogP contribution in [0.1, 0.15) is 33.2 Å². The number of carbonyl (C=O) groups excluding carboxylic acids is 2. The van der Waals surface area contributed by atoms with Gasteiger partial charge in [-0.2, -0.15) is 0 Å². The number of H-pyrrole nitrogens is 1. The summed E-state index contributed by atoms with van der Waals surface area (Å²) >= 11 is 0. The Morgan fingerprint density at radius 2 is 1.51 bits per heavy atom. The number of aromatic amines is 1. The van der Waals surface area contributed by atoms with Gasteiger partial charge in [0.15, 0.2) is 6.10 Å². The van der Waals surface area contributed by atoms with Gasteiger partial charge in [0, 0.05) is 28.2 Å². The minimum absolute atomic E-state index is 0.300. The van der Waals surface area contributed by atoms with E-state index in [-0.39, 0.29) is 5.78 Å². The molecule has 0 bridgehead atoms. The Morgan fingerprint density at radius 3 is 2.27 bits per heavy atom. The second kappa shape index (κ2) is 10.8. The molecule has 0 saturated heterocycles. The molecule has 1 atom stereocenters. The number of fused-ring (bicyclic) bond motifs is 1. The average Bonchev–Trinajstić information content (AvgIpc) is 3.39. The molecule has 0 aliphatic heterocycles. The van der Waals surface area contributed by atoms with E-state index in [2.05, 4.69) is 4.98 Å². The lowest BCUT2D eigenvalue weighted by Crippen LogP contribution is -2.21. The van der Waals surface area contributed by atoms with Crippen molar-refractivity contribution >= 4 is 34.3 Å². The van der Waals surface area contributed by atoms with Crippen LogP contribution in [0.3, 0.4) is 0 Å². The summed E-state index contributed by atoms with van der Waals surface area (Å²) in [5.74, 6) is -0.229. The van der Waals surface area contributed by atoms with Gasteiger partial charge in [0.25, 0.3) is 0 Å². The lowest BCUT2D eigenvalue weighted by molar-refractivity contribution is -0.140. The molecular formula is C32H25NO4. The Morgan fingerprint density at radius 1 is 0.811 bits per heavy atom. The van der Waals surface area contributed by atoms with Gasteiger partial charge in [0.1, 0.15) is 5.75 Å². The van der Waals surface area contributed by atoms with Crippen molar-refractivity contribution in [3.8, 4) is 5.75 Å². The molecule has 0 radical (unpaired) electrons. The first-order chi connectivity index (χ1) is 18.1. The zero-order valence-electron chi connectivity index (χ0n) is 20.3. The third-order valence-electron chi connectivity index (χ3n) is 6.13. The maximum absolute atomic E-state index is 13.8. The monoisotopic (exact) mass is 487 g/mol. The molecule has 0 aliphatic rings. The van der Waals surface area contributed by atoms with Gasteiger partial charge in [0.2, 0.25) is 5.78 Å². The van der Waals surface area contributed by atoms with Crippen LogP contribution in [0.5, 0.6) is 5.75 Å². The number of carbonyl (C=O) groups is 2. The van der Waals surface area contributed by atoms with Crippen LogP contribution in [0.4, 0.5) is 0 Å². The Kier molecular flexibility index (Phi) is 6.95. The van der Waals surface area contributed by atoms with Gasteiger partial charge in [-0.15, -0.1) is 0 Å². The highest BCUT2D eigenvalue weighted by Crippen LogP contribution is 2.30. The summed E-state index contributed by atoms with van der Waals surface area (Å²) in [5.41, 5.74) is 3.69. The summed E-state index contributed by atoms with van der Waals surface area (Å²) in [6.07, 6.45) is 2.30. The zero-order chi connectivity index (χ0) is 25.6. The van der Waals surface area contributed by atoms with Crippen LogP contribution in [0, 0.1) is 0 Å². The molecule has 37 heavy (non-hydrogen) atoms. The van der Waals surface area contributed by atoms with E-state index in [0.717, 1.165) is 16.5 Å². The SMILES string of the molecule is COc1cccc(/C=C(/C(=O)O[C@H](C(=O)c2c[nH]c3ccccc23)c2ccccc2)c2ccccc2)c1. The van der Waals surface area contributed by atoms with Gasteiger partial charge in [-0.25, -0.2) is 4.79 Å². The van der Waals surface area contributed by atoms with E-state index in [9.17, 15) is 9.59 Å². The van der Waals surface area contributed by atoms with Crippen LogP contribution in [0.2, 0.25) is 0 Å². The first kappa shape index (κ1) is 23.8. The Hall–Kier alpha value is -4.90. The average molecular weight is 488 g/mol. The van der Waals surface area contributed by atoms with Crippen LogP contribution in [0.15, 0.2) is 115 Å². The molecular weight excluding hydrogens is 462 g/mol. The standard InChI is InChI=1S/C32H25NO4/c1-36-25-16-10-11-22(19-25)20-27(23-12-4-2-5-13-23)32(35)37-31(24-14-6-3-7-15-24)30(34)28-21-33-29-18-9-8-17-26(28)29/h2-21,31,33H,1H3/b27-20+/t31-/m0/s1. The van der Waals surface area contributed by atoms with Gasteiger partial charge in [-0.05, 0) is 35.4 Å². The van der Waals surface area contributed by atoms with Crippen LogP contribution < -0.4 is 4.74 Å². The molecule has 182 valence electrons. The van der Waals surface area contributed by atoms with E-state index in [1.165, 1.54) is 0 Å². The predicted molar refractivity (Wildman–Crippen MR) is 145 cm³/mol. The van der Waals surface area contributed by atoms with Crippen molar-refractivity contribution in [3.63, 3.8) is 0 Å². The number of benzene rings is 4. The summed E-state index contributed by atoms with van der Waals surface area (Å²) in [6.45, 7) is 0. The highest BCUT2D eigenvalue weighted by Gasteiger charge is 2.29. The molecule has 1 heterocycles. The number of rotatable bonds is 8. The molecule has 0 spiro atoms. The number of Topliss-reactive ketones (excluding diaryl/α,β-unsaturated/α-hetero) is 1. The first-order valence-corrected chi connectivity index (χ1v) is 11.9. The van der Waals surface area contributed by atoms with Crippen molar-refractivity contribution in [2.45, 2.75) is 6.10 Å². The van der Waals surface area contributed by atoms with E-state index >= 15 is 0 Å². The number of aromatic nitrogens is 1. The largest absolute Gasteiger partial charge is 0.497 e. The second-order valence-corrected chi connectivity index (χ2v) is 8.51. The van der Waals surface area contributed by atoms with Crippen molar-refractivity contribution in [1.29, 1.82) is 0 Å². The van der Waals surface area contributed by atoms with Crippen molar-refractivity contribution in [2.24, 2.45) is 0 Å². The van der Waals surface area contributed by atoms with Crippen molar-refractivity contribution in [1.82, 2.24) is 4.98 Å². The molecule has 0 saturated carbocycles. The minimum Gasteiger partial charge on any atom is -0.497 e. The molecule has 5 rings (SSSR count). The molecule has 0 aliphatic carbocycles. The number of esters is 1. The summed E-state index contributed by atoms with van der Waals surface area (Å²) in [6, 6.07) is 33.3. The summed E-state index contributed by atoms with van der Waals surface area (Å²) < 4.78 is 11.4. The van der Waals surface area contributed by atoms with Crippen LogP contribution >= 0.6 is 0 Å². The van der Waals surface area contributed by atoms with Crippen LogP contribution in [0.25, 0.3) is 22.6 Å². The topological polar surface area (TPSA) is 68.4 Å². The first-order valence-electron chi connectivity index (χ1n) is 11.9. The molecule has 0 unspecified atom stereocenters. The van der Waals surface area contributed by atoms with Crippen molar-refractivity contribution in [3.05, 3.63) is 138 Å². The number of ketones is 1. The van der Waals surface area contributed by atoms with Gasteiger partial charge in [0.05, 0.1) is 12.7 Å². The Labute approximate surface area is 215 Å². The Balaban J connectivity index is 1.55. The summed E-state index contributed by atoms with van der Waals surface area (Å²) in [5, 5.41) is 0.777. The maximum atomic E-state index is 13.8. The van der Waals surface area contributed by atoms with Crippen LogP contribution in [-0.4, -0.2) is 23.8 Å². The van der Waals surface area contributed by atoms with Gasteiger partial charge in [-0.1, -0.05) is 91.0 Å². The highest BCUT2D eigenvalue weighted by atomic mass is 16.5. The number of methoxy groups -OCH3 is 1. The molecule has 0 amide bonds. The minimum atomic E-state index is -1.12. The smallest absolute Gasteiger partial charge is 0.339 e. The zero-order valence-corrected chi connectivity index (χ0v) is 20.3. The number of hydrogen-bond donors (Lipinski definition) is 1. The fourth-order valence-corrected chi connectivity index (χ4v) is 4.26. The Bertz CT molecular complexity index is 1570. The number of hydrogen-bond acceptors (Lipinski definition) is 4. The molecule has 1 N–H and O–H groups in total. The van der Waals surface area contributed by atoms with E-state index in [1.54, 1.807) is 31.5 Å². The molecule has 0 fully saturated rings. The van der Waals surface area contributed by atoms with E-state index in [1.807, 2.05) is 97.1 Å². The quantitative estimate of drug-likeness (QED) is 0.112. The predicted octanol–water partition coefficient (Wildman–Crippen LogP) is 6.88. The fourth-order valence-electron chi connectivity index (χ4n) is 4.26. The van der Waals surface area contributed by atoms with Crippen molar-refractivity contribution < 1.29 is 19.1 Å². The lowest BCUT2D eigenvalue weighted by Gasteiger charge is -2.18. The summed E-state index contributed by atoms with van der Waals surface area (Å²) in [7, 11) is 1.59. The van der Waals surface area contributed by atoms with E-state index < -0.39 is 12.1 Å². The van der Waals surface area contributed by atoms with Crippen LogP contribution in [-0.2, 0) is 9.53 Å². The molecule has 1 aromatic heterocycles. The summed E-state index contributed by atoms with van der Waals surface area (Å²) in [4.78, 5) is 30.7. The fraction of sp³-hybridized carbons (Fsp3) is 0.0625. The molecule has 4 aromatic carbocycles. The highest BCUT2D eigenvalue weighted by molar-refractivity contribution is 6.22. The lowest BCUT2D eigenvalue weighted by atomic mass is 9.98. The van der Waals surface area contributed by atoms with Gasteiger partial charge in [-0.3, -0.25) is 4.79 Å². The van der Waals surface area contributed by atoms with Gasteiger partial charge < -0.3 is 14.5 Å². The normalized spacial score (nSPS) is 12.2. The number of nitrogens with one attached hydrogen (secondary N) is 1. The molecule has 5 nitrogen and oxygen atoms in total. The number of ether oxygens (including phenoxy) is 2. The maximum Gasteiger partial charge on any atom is 0.339 e. The third kappa shape index (κ3) is 5.21. The van der Waals surface area contributed by atoms with E-state index in [4.69, 9.17) is 9.47 Å². The van der Waals surface area contributed by atoms with Crippen molar-refractivity contribution in [2.75, 3.05) is 7.11 Å². The second-order valence-electron chi connectivity index (χ2n) is 8.51. The molecule has 5 heteroatoms. The van der Waals surface area contributed by atoms with Gasteiger partial charge >= 0.3 is 5.97 Å². The van der Waals surface area contributed by atoms with E-state index in [0.29, 0.717) is 28.0 Å².